The molecule has 5 heteroatoms. The van der Waals surface area contributed by atoms with Crippen LogP contribution in [0, 0.1) is 10.8 Å². The maximum Gasteiger partial charge on any atom is 0.338 e. The van der Waals surface area contributed by atoms with Gasteiger partial charge < -0.3 is 15.4 Å². The minimum atomic E-state index is -0.489. The van der Waals surface area contributed by atoms with E-state index in [1.165, 1.54) is 0 Å². The van der Waals surface area contributed by atoms with Gasteiger partial charge >= 0.3 is 5.97 Å². The predicted octanol–water partition coefficient (Wildman–Crippen LogP) is 2.85. The summed E-state index contributed by atoms with van der Waals surface area (Å²) in [5, 5.41) is 0. The average molecular weight is 330 g/mol. The number of carbonyl (C=O) groups is 2. The van der Waals surface area contributed by atoms with Crippen molar-refractivity contribution in [1.82, 2.24) is 4.90 Å². The van der Waals surface area contributed by atoms with Gasteiger partial charge in [-0.1, -0.05) is 20.8 Å². The van der Waals surface area contributed by atoms with Crippen molar-refractivity contribution in [3.8, 4) is 0 Å². The van der Waals surface area contributed by atoms with Crippen LogP contribution in [0.25, 0.3) is 0 Å². The predicted molar refractivity (Wildman–Crippen MR) is 92.4 cm³/mol. The van der Waals surface area contributed by atoms with Gasteiger partial charge in [0.25, 0.3) is 5.91 Å². The first-order valence-corrected chi connectivity index (χ1v) is 8.50. The zero-order valence-corrected chi connectivity index (χ0v) is 14.7. The van der Waals surface area contributed by atoms with Gasteiger partial charge in [-0.2, -0.15) is 0 Å². The molecule has 3 rings (SSSR count). The van der Waals surface area contributed by atoms with Crippen molar-refractivity contribution in [3.05, 3.63) is 29.8 Å². The topological polar surface area (TPSA) is 72.6 Å². The molecule has 2 aliphatic rings. The number of ether oxygens (including phenoxy) is 1. The Balaban J connectivity index is 1.60. The molecule has 0 radical (unpaired) electrons. The Labute approximate surface area is 143 Å². The third-order valence-corrected chi connectivity index (χ3v) is 5.21. The Morgan fingerprint density at radius 2 is 1.88 bits per heavy atom. The number of rotatable bonds is 3. The number of benzene rings is 1. The van der Waals surface area contributed by atoms with Crippen molar-refractivity contribution in [2.75, 3.05) is 18.9 Å². The van der Waals surface area contributed by atoms with E-state index in [2.05, 4.69) is 20.8 Å². The van der Waals surface area contributed by atoms with Gasteiger partial charge in [0.05, 0.1) is 5.56 Å². The largest absolute Gasteiger partial charge is 0.452 e. The molecule has 130 valence electrons. The number of hydrogen-bond donors (Lipinski definition) is 1. The molecule has 0 aromatic heterocycles. The van der Waals surface area contributed by atoms with Crippen LogP contribution in [0.15, 0.2) is 24.3 Å². The van der Waals surface area contributed by atoms with E-state index in [1.54, 1.807) is 24.3 Å². The highest BCUT2D eigenvalue weighted by atomic mass is 16.5. The molecule has 1 heterocycles. The molecule has 24 heavy (non-hydrogen) atoms. The van der Waals surface area contributed by atoms with E-state index in [0.29, 0.717) is 11.3 Å². The van der Waals surface area contributed by atoms with Crippen molar-refractivity contribution in [2.24, 2.45) is 10.8 Å². The first-order chi connectivity index (χ1) is 11.2. The second-order valence-corrected chi connectivity index (χ2v) is 8.43. The lowest BCUT2D eigenvalue weighted by Crippen LogP contribution is -2.39. The standard InChI is InChI=1S/C19H26N2O3/c1-18(2)8-15-9-19(3,11-18)12-21(15)16(22)10-24-17(23)13-4-6-14(20)7-5-13/h4-7,15H,8-12,20H2,1-3H3/t15-,19+/m1/s1. The van der Waals surface area contributed by atoms with E-state index in [0.717, 1.165) is 25.8 Å². The third-order valence-electron chi connectivity index (χ3n) is 5.21. The molecule has 1 aromatic carbocycles. The van der Waals surface area contributed by atoms with Gasteiger partial charge in [-0.25, -0.2) is 4.79 Å². The SMILES string of the molecule is CC1(C)C[C@@H]2C[C@](C)(CN2C(=O)COC(=O)c2ccc(N)cc2)C1. The summed E-state index contributed by atoms with van der Waals surface area (Å²) < 4.78 is 5.20. The molecule has 2 atom stereocenters. The number of esters is 1. The Morgan fingerprint density at radius 3 is 2.54 bits per heavy atom. The van der Waals surface area contributed by atoms with Crippen LogP contribution in [-0.2, 0) is 9.53 Å². The van der Waals surface area contributed by atoms with Gasteiger partial charge in [0.1, 0.15) is 0 Å². The maximum atomic E-state index is 12.6. The molecule has 1 aliphatic carbocycles. The van der Waals surface area contributed by atoms with Crippen LogP contribution in [0.3, 0.4) is 0 Å². The van der Waals surface area contributed by atoms with Crippen molar-refractivity contribution in [2.45, 2.75) is 46.1 Å². The summed E-state index contributed by atoms with van der Waals surface area (Å²) in [6.07, 6.45) is 3.19. The van der Waals surface area contributed by atoms with Crippen LogP contribution in [0.2, 0.25) is 0 Å². The number of nitrogen functional groups attached to an aromatic ring is 1. The summed E-state index contributed by atoms with van der Waals surface area (Å²) in [6, 6.07) is 6.76. The average Bonchev–Trinajstić information content (AvgIpc) is 2.74. The normalized spacial score (nSPS) is 27.8. The Kier molecular flexibility index (Phi) is 4.06. The highest BCUT2D eigenvalue weighted by Gasteiger charge is 2.50. The van der Waals surface area contributed by atoms with Crippen molar-refractivity contribution >= 4 is 17.6 Å². The lowest BCUT2D eigenvalue weighted by molar-refractivity contribution is -0.135. The molecular formula is C19H26N2O3. The Morgan fingerprint density at radius 1 is 1.21 bits per heavy atom. The van der Waals surface area contributed by atoms with Gasteiger partial charge in [0.2, 0.25) is 0 Å². The van der Waals surface area contributed by atoms with Crippen molar-refractivity contribution < 1.29 is 14.3 Å². The molecule has 2 bridgehead atoms. The number of fused-ring (bicyclic) bond motifs is 2. The summed E-state index contributed by atoms with van der Waals surface area (Å²) in [5.74, 6) is -0.581. The van der Waals surface area contributed by atoms with Crippen LogP contribution >= 0.6 is 0 Å². The second-order valence-electron chi connectivity index (χ2n) is 8.43. The van der Waals surface area contributed by atoms with E-state index in [4.69, 9.17) is 10.5 Å². The molecule has 2 N–H and O–H groups in total. The van der Waals surface area contributed by atoms with Gasteiger partial charge in [0, 0.05) is 18.3 Å². The number of carbonyl (C=O) groups excluding carboxylic acids is 2. The number of hydrogen-bond acceptors (Lipinski definition) is 4. The summed E-state index contributed by atoms with van der Waals surface area (Å²) in [5.41, 5.74) is 7.04. The molecular weight excluding hydrogens is 304 g/mol. The number of nitrogens with two attached hydrogens (primary N) is 1. The fourth-order valence-electron chi connectivity index (χ4n) is 4.66. The van der Waals surface area contributed by atoms with Crippen LogP contribution in [-0.4, -0.2) is 36.0 Å². The molecule has 0 unspecified atom stereocenters. The van der Waals surface area contributed by atoms with Crippen molar-refractivity contribution in [3.63, 3.8) is 0 Å². The monoisotopic (exact) mass is 330 g/mol. The maximum absolute atomic E-state index is 12.6. The molecule has 0 spiro atoms. The zero-order chi connectivity index (χ0) is 17.5. The number of nitrogens with zero attached hydrogens (tertiary/aromatic N) is 1. The molecule has 1 aromatic rings. The van der Waals surface area contributed by atoms with Gasteiger partial charge in [-0.15, -0.1) is 0 Å². The molecule has 1 amide bonds. The van der Waals surface area contributed by atoms with Gasteiger partial charge in [-0.3, -0.25) is 4.79 Å². The summed E-state index contributed by atoms with van der Waals surface area (Å²) in [4.78, 5) is 26.5. The number of amides is 1. The Hall–Kier alpha value is -2.04. The molecule has 1 saturated heterocycles. The third kappa shape index (κ3) is 3.40. The van der Waals surface area contributed by atoms with Crippen LogP contribution in [0.5, 0.6) is 0 Å². The van der Waals surface area contributed by atoms with E-state index in [9.17, 15) is 9.59 Å². The minimum Gasteiger partial charge on any atom is -0.452 e. The first kappa shape index (κ1) is 16.8. The summed E-state index contributed by atoms with van der Waals surface area (Å²) >= 11 is 0. The lowest BCUT2D eigenvalue weighted by atomic mass is 9.65. The van der Waals surface area contributed by atoms with Crippen LogP contribution < -0.4 is 5.73 Å². The fraction of sp³-hybridized carbons (Fsp3) is 0.579. The van der Waals surface area contributed by atoms with E-state index in [-0.39, 0.29) is 29.4 Å². The number of likely N-dealkylation sites (tertiary alicyclic amines) is 1. The molecule has 5 nitrogen and oxygen atoms in total. The van der Waals surface area contributed by atoms with E-state index >= 15 is 0 Å². The number of anilines is 1. The first-order valence-electron chi connectivity index (χ1n) is 8.50. The molecule has 1 saturated carbocycles. The quantitative estimate of drug-likeness (QED) is 0.683. The van der Waals surface area contributed by atoms with Crippen LogP contribution in [0.4, 0.5) is 5.69 Å². The highest BCUT2D eigenvalue weighted by Crippen LogP contribution is 2.52. The van der Waals surface area contributed by atoms with Gasteiger partial charge in [0.15, 0.2) is 6.61 Å². The minimum absolute atomic E-state index is 0.0924. The summed E-state index contributed by atoms with van der Waals surface area (Å²) in [6.45, 7) is 7.36. The Bertz CT molecular complexity index is 653. The van der Waals surface area contributed by atoms with E-state index in [1.807, 2.05) is 4.90 Å². The van der Waals surface area contributed by atoms with Crippen LogP contribution in [0.1, 0.15) is 50.4 Å². The fourth-order valence-corrected chi connectivity index (χ4v) is 4.66. The van der Waals surface area contributed by atoms with E-state index < -0.39 is 5.97 Å². The van der Waals surface area contributed by atoms with Crippen molar-refractivity contribution in [1.29, 1.82) is 0 Å². The lowest BCUT2D eigenvalue weighted by Gasteiger charge is -2.39. The zero-order valence-electron chi connectivity index (χ0n) is 14.7. The molecule has 1 aliphatic heterocycles. The second kappa shape index (κ2) is 5.80. The smallest absolute Gasteiger partial charge is 0.338 e. The molecule has 2 fully saturated rings. The highest BCUT2D eigenvalue weighted by molar-refractivity contribution is 5.91. The summed E-state index contributed by atoms with van der Waals surface area (Å²) in [7, 11) is 0. The van der Waals surface area contributed by atoms with Gasteiger partial charge in [-0.05, 0) is 54.4 Å².